The van der Waals surface area contributed by atoms with Gasteiger partial charge in [0.15, 0.2) is 11.5 Å². The number of nitrogens with zero attached hydrogens (tertiary/aromatic N) is 5. The van der Waals surface area contributed by atoms with Crippen molar-refractivity contribution in [2.75, 3.05) is 18.5 Å². The van der Waals surface area contributed by atoms with Crippen molar-refractivity contribution >= 4 is 17.6 Å². The molecular formula is C7H9N7O2. The third kappa shape index (κ3) is 2.13. The molecule has 84 valence electrons. The third-order valence-electron chi connectivity index (χ3n) is 1.76. The van der Waals surface area contributed by atoms with Crippen LogP contribution in [0.25, 0.3) is 5.65 Å². The van der Waals surface area contributed by atoms with Crippen LogP contribution < -0.4 is 11.1 Å². The molecule has 2 aromatic rings. The number of hydrogen-bond acceptors (Lipinski definition) is 7. The molecule has 2 aromatic heterocycles. The van der Waals surface area contributed by atoms with E-state index in [1.807, 2.05) is 0 Å². The van der Waals surface area contributed by atoms with Crippen LogP contribution in [-0.4, -0.2) is 44.3 Å². The normalized spacial score (nSPS) is 10.2. The van der Waals surface area contributed by atoms with Gasteiger partial charge in [-0.3, -0.25) is 4.98 Å². The van der Waals surface area contributed by atoms with E-state index in [1.165, 1.54) is 10.7 Å². The number of carbonyl (C=O) groups excluding carboxylic acids is 1. The van der Waals surface area contributed by atoms with E-state index >= 15 is 0 Å². The van der Waals surface area contributed by atoms with Gasteiger partial charge in [0.2, 0.25) is 0 Å². The highest BCUT2D eigenvalue weighted by molar-refractivity contribution is 5.64. The summed E-state index contributed by atoms with van der Waals surface area (Å²) in [5.74, 6) is 0.607. The van der Waals surface area contributed by atoms with Gasteiger partial charge in [-0.05, 0) is 10.4 Å². The summed E-state index contributed by atoms with van der Waals surface area (Å²) >= 11 is 0. The molecule has 0 aliphatic carbocycles. The van der Waals surface area contributed by atoms with Gasteiger partial charge in [0, 0.05) is 0 Å². The van der Waals surface area contributed by atoms with E-state index in [9.17, 15) is 4.79 Å². The Hall–Kier alpha value is -2.45. The van der Waals surface area contributed by atoms with Crippen LogP contribution in [0.5, 0.6) is 0 Å². The Balaban J connectivity index is 1.98. The second-order valence-electron chi connectivity index (χ2n) is 2.84. The number of carbonyl (C=O) groups is 1. The molecule has 0 aliphatic rings. The highest BCUT2D eigenvalue weighted by Gasteiger charge is 2.02. The maximum absolute atomic E-state index is 10.3. The van der Waals surface area contributed by atoms with E-state index in [0.29, 0.717) is 18.0 Å². The van der Waals surface area contributed by atoms with Gasteiger partial charge >= 0.3 is 6.09 Å². The maximum Gasteiger partial charge on any atom is 0.404 e. The van der Waals surface area contributed by atoms with E-state index in [2.05, 4.69) is 30.6 Å². The Bertz CT molecular complexity index is 496. The minimum Gasteiger partial charge on any atom is -0.448 e. The lowest BCUT2D eigenvalue weighted by Crippen LogP contribution is -2.19. The summed E-state index contributed by atoms with van der Waals surface area (Å²) in [6.45, 7) is 0.553. The zero-order valence-corrected chi connectivity index (χ0v) is 8.20. The van der Waals surface area contributed by atoms with Crippen LogP contribution in [0, 0.1) is 0 Å². The molecule has 0 radical (unpaired) electrons. The zero-order valence-electron chi connectivity index (χ0n) is 8.20. The van der Waals surface area contributed by atoms with Crippen molar-refractivity contribution in [3.05, 3.63) is 12.4 Å². The number of fused-ring (bicyclic) bond motifs is 1. The van der Waals surface area contributed by atoms with Crippen LogP contribution in [0.2, 0.25) is 0 Å². The molecule has 9 nitrogen and oxygen atoms in total. The number of amides is 1. The van der Waals surface area contributed by atoms with E-state index in [-0.39, 0.29) is 6.61 Å². The second-order valence-corrected chi connectivity index (χ2v) is 2.84. The Morgan fingerprint density at radius 1 is 1.56 bits per heavy atom. The van der Waals surface area contributed by atoms with Crippen LogP contribution in [0.4, 0.5) is 10.6 Å². The molecule has 0 aliphatic heterocycles. The average Bonchev–Trinajstić information content (AvgIpc) is 2.72. The first-order chi connectivity index (χ1) is 7.77. The molecule has 1 amide bonds. The molecule has 2 heterocycles. The van der Waals surface area contributed by atoms with Gasteiger partial charge in [0.1, 0.15) is 6.61 Å². The van der Waals surface area contributed by atoms with Gasteiger partial charge in [-0.15, -0.1) is 5.10 Å². The number of hydrogen-bond donors (Lipinski definition) is 2. The van der Waals surface area contributed by atoms with E-state index < -0.39 is 6.09 Å². The minimum absolute atomic E-state index is 0.161. The molecule has 0 bridgehead atoms. The Morgan fingerprint density at radius 3 is 3.25 bits per heavy atom. The molecule has 0 aromatic carbocycles. The highest BCUT2D eigenvalue weighted by Crippen LogP contribution is 2.04. The van der Waals surface area contributed by atoms with Gasteiger partial charge in [0.25, 0.3) is 0 Å². The predicted octanol–water partition coefficient (Wildman–Crippen LogP) is -0.974. The van der Waals surface area contributed by atoms with Crippen molar-refractivity contribution in [2.24, 2.45) is 5.73 Å². The van der Waals surface area contributed by atoms with Crippen molar-refractivity contribution in [1.82, 2.24) is 25.0 Å². The molecule has 0 fully saturated rings. The first-order valence-electron chi connectivity index (χ1n) is 4.45. The lowest BCUT2D eigenvalue weighted by Gasteiger charge is -2.06. The average molecular weight is 223 g/mol. The number of nitrogens with one attached hydrogen (secondary N) is 1. The number of ether oxygens (including phenoxy) is 1. The van der Waals surface area contributed by atoms with Gasteiger partial charge in [-0.25, -0.2) is 4.79 Å². The number of nitrogens with two attached hydrogens (primary N) is 1. The molecular weight excluding hydrogens is 214 g/mol. The molecule has 2 rings (SSSR count). The number of tetrazole rings is 1. The predicted molar refractivity (Wildman–Crippen MR) is 52.6 cm³/mol. The van der Waals surface area contributed by atoms with E-state index in [1.54, 1.807) is 6.20 Å². The lowest BCUT2D eigenvalue weighted by molar-refractivity contribution is 0.161. The quantitative estimate of drug-likeness (QED) is 0.639. The number of aromatic nitrogens is 5. The van der Waals surface area contributed by atoms with Gasteiger partial charge in [0.05, 0.1) is 18.9 Å². The Morgan fingerprint density at radius 2 is 2.44 bits per heavy atom. The van der Waals surface area contributed by atoms with Crippen molar-refractivity contribution in [3.63, 3.8) is 0 Å². The van der Waals surface area contributed by atoms with Crippen molar-refractivity contribution in [1.29, 1.82) is 0 Å². The Labute approximate surface area is 89.6 Å². The van der Waals surface area contributed by atoms with Crippen molar-refractivity contribution in [3.8, 4) is 0 Å². The molecule has 16 heavy (non-hydrogen) atoms. The zero-order chi connectivity index (χ0) is 11.4. The molecule has 0 unspecified atom stereocenters. The fourth-order valence-corrected chi connectivity index (χ4v) is 1.13. The summed E-state index contributed by atoms with van der Waals surface area (Å²) in [6.07, 6.45) is 2.29. The Kier molecular flexibility index (Phi) is 2.76. The fraction of sp³-hybridized carbons (Fsp3) is 0.286. The van der Waals surface area contributed by atoms with Crippen LogP contribution in [-0.2, 0) is 4.74 Å². The maximum atomic E-state index is 10.3. The number of rotatable bonds is 4. The standard InChI is InChI=1S/C7H9N7O2/c8-7(15)16-2-1-10-5-3-9-4-6-11-12-13-14(5)6/h3-4,10H,1-2H2,(H2,8,15). The molecule has 9 heteroatoms. The number of primary amides is 1. The van der Waals surface area contributed by atoms with Crippen LogP contribution in [0.1, 0.15) is 0 Å². The van der Waals surface area contributed by atoms with Crippen LogP contribution in [0.15, 0.2) is 12.4 Å². The first-order valence-corrected chi connectivity index (χ1v) is 4.45. The molecule has 0 saturated heterocycles. The molecule has 0 spiro atoms. The highest BCUT2D eigenvalue weighted by atomic mass is 16.5. The first kappa shape index (κ1) is 10.1. The van der Waals surface area contributed by atoms with Gasteiger partial charge in [-0.1, -0.05) is 0 Å². The van der Waals surface area contributed by atoms with Gasteiger partial charge in [-0.2, -0.15) is 4.52 Å². The summed E-state index contributed by atoms with van der Waals surface area (Å²) in [5.41, 5.74) is 5.34. The summed E-state index contributed by atoms with van der Waals surface area (Å²) in [6, 6.07) is 0. The molecule has 0 saturated carbocycles. The monoisotopic (exact) mass is 223 g/mol. The second kappa shape index (κ2) is 4.38. The minimum atomic E-state index is -0.805. The summed E-state index contributed by atoms with van der Waals surface area (Å²) in [4.78, 5) is 14.2. The summed E-state index contributed by atoms with van der Waals surface area (Å²) in [5, 5.41) is 13.9. The van der Waals surface area contributed by atoms with Crippen molar-refractivity contribution < 1.29 is 9.53 Å². The molecule has 3 N–H and O–H groups in total. The van der Waals surface area contributed by atoms with Crippen LogP contribution >= 0.6 is 0 Å². The summed E-state index contributed by atoms with van der Waals surface area (Å²) in [7, 11) is 0. The van der Waals surface area contributed by atoms with E-state index in [4.69, 9.17) is 5.73 Å². The summed E-state index contributed by atoms with van der Waals surface area (Å²) < 4.78 is 6.04. The number of anilines is 1. The topological polar surface area (TPSA) is 120 Å². The fourth-order valence-electron chi connectivity index (χ4n) is 1.13. The smallest absolute Gasteiger partial charge is 0.404 e. The SMILES string of the molecule is NC(=O)OCCNc1cncc2nnnn12. The molecule has 0 atom stereocenters. The van der Waals surface area contributed by atoms with Crippen molar-refractivity contribution in [2.45, 2.75) is 0 Å². The van der Waals surface area contributed by atoms with Gasteiger partial charge < -0.3 is 15.8 Å². The largest absolute Gasteiger partial charge is 0.448 e. The van der Waals surface area contributed by atoms with E-state index in [0.717, 1.165) is 0 Å². The van der Waals surface area contributed by atoms with Crippen LogP contribution in [0.3, 0.4) is 0 Å². The lowest BCUT2D eigenvalue weighted by atomic mass is 10.6. The third-order valence-corrected chi connectivity index (χ3v) is 1.76.